The van der Waals surface area contributed by atoms with Gasteiger partial charge in [0.1, 0.15) is 41.9 Å². The van der Waals surface area contributed by atoms with Gasteiger partial charge in [0.25, 0.3) is 0 Å². The van der Waals surface area contributed by atoms with Crippen molar-refractivity contribution in [3.63, 3.8) is 0 Å². The topological polar surface area (TPSA) is 162 Å². The Hall–Kier alpha value is -4.66. The minimum Gasteiger partial charge on any atom is -0.465 e. The lowest BCUT2D eigenvalue weighted by molar-refractivity contribution is -0.154. The van der Waals surface area contributed by atoms with Crippen LogP contribution in [0.5, 0.6) is 5.75 Å². The predicted molar refractivity (Wildman–Crippen MR) is 177 cm³/mol. The first-order valence-electron chi connectivity index (χ1n) is 16.2. The van der Waals surface area contributed by atoms with Gasteiger partial charge < -0.3 is 28.8 Å². The zero-order chi connectivity index (χ0) is 38.0. The molecule has 2 aromatic heterocycles. The molecular formula is C33H35F5N6O8S. The van der Waals surface area contributed by atoms with E-state index in [1.165, 1.54) is 54.7 Å². The van der Waals surface area contributed by atoms with Crippen molar-refractivity contribution < 1.29 is 60.3 Å². The minimum atomic E-state index is -3.01. The first-order valence-corrected chi connectivity index (χ1v) is 17.9. The van der Waals surface area contributed by atoms with E-state index < -0.39 is 87.8 Å². The number of alkyl halides is 2. The highest BCUT2D eigenvalue weighted by Crippen LogP contribution is 2.52. The number of halogens is 5. The van der Waals surface area contributed by atoms with Gasteiger partial charge in [-0.15, -0.1) is 10.2 Å². The molecule has 0 amide bonds. The molecule has 2 aliphatic heterocycles. The largest absolute Gasteiger partial charge is 0.465 e. The van der Waals surface area contributed by atoms with Crippen molar-refractivity contribution in [1.82, 2.24) is 30.0 Å². The highest BCUT2D eigenvalue weighted by Gasteiger charge is 2.52. The van der Waals surface area contributed by atoms with E-state index in [4.69, 9.17) is 18.9 Å². The van der Waals surface area contributed by atoms with Crippen molar-refractivity contribution in [2.75, 3.05) is 32.7 Å². The van der Waals surface area contributed by atoms with Crippen molar-refractivity contribution in [1.29, 1.82) is 0 Å². The molecule has 8 atom stereocenters. The fraction of sp³-hybridized carbons (Fsp3) is 0.455. The number of esters is 2. The summed E-state index contributed by atoms with van der Waals surface area (Å²) >= 11 is 0. The van der Waals surface area contributed by atoms with Gasteiger partial charge in [-0.2, -0.15) is 8.78 Å². The lowest BCUT2D eigenvalue weighted by atomic mass is 10.0. The molecule has 1 N–H and O–H groups in total. The number of hydrogen-bond donors (Lipinski definition) is 2. The molecule has 0 bridgehead atoms. The van der Waals surface area contributed by atoms with Gasteiger partial charge in [-0.1, -0.05) is 22.6 Å². The van der Waals surface area contributed by atoms with Crippen LogP contribution in [0, 0.1) is 17.5 Å². The molecule has 0 spiro atoms. The monoisotopic (exact) mass is 770 g/mol. The fourth-order valence-electron chi connectivity index (χ4n) is 6.68. The first kappa shape index (κ1) is 38.1. The second kappa shape index (κ2) is 16.1. The average molecular weight is 771 g/mol. The second-order valence-corrected chi connectivity index (χ2v) is 15.1. The van der Waals surface area contributed by atoms with Gasteiger partial charge in [0.05, 0.1) is 43.1 Å². The van der Waals surface area contributed by atoms with E-state index in [9.17, 15) is 36.6 Å². The number of thiol groups is 1. The number of benzene rings is 2. The summed E-state index contributed by atoms with van der Waals surface area (Å²) in [5, 5.41) is 27.1. The van der Waals surface area contributed by atoms with Gasteiger partial charge >= 0.3 is 18.6 Å². The zero-order valence-corrected chi connectivity index (χ0v) is 29.3. The summed E-state index contributed by atoms with van der Waals surface area (Å²) in [6.45, 7) is -0.695. The number of hydrogen-bond acceptors (Lipinski definition) is 12. The van der Waals surface area contributed by atoms with Gasteiger partial charge in [0.15, 0.2) is 17.5 Å². The third kappa shape index (κ3) is 8.29. The molecule has 6 rings (SSSR count). The maximum atomic E-state index is 14.1. The molecule has 14 nitrogen and oxygen atoms in total. The number of ether oxygens (including phenoxy) is 5. The summed E-state index contributed by atoms with van der Waals surface area (Å²) in [7, 11) is -0.0471. The lowest BCUT2D eigenvalue weighted by Crippen LogP contribution is -2.57. The molecule has 20 heteroatoms. The van der Waals surface area contributed by atoms with E-state index in [0.717, 1.165) is 12.1 Å². The number of methoxy groups -OCH3 is 1. The van der Waals surface area contributed by atoms with Crippen LogP contribution in [-0.4, -0.2) is 115 Å². The van der Waals surface area contributed by atoms with Crippen LogP contribution in [0.1, 0.15) is 25.9 Å². The van der Waals surface area contributed by atoms with E-state index in [2.05, 4.69) is 25.4 Å². The molecule has 4 heterocycles. The molecule has 0 saturated carbocycles. The SMILES string of the molecule is CO[C@H]1C[SH]([C@@H]2COC[C@H](n3cc(-c4cccc(OC(F)F)c4)nn3)[C@H]2O)[C@H](COC(C)=O)[C@H](OC(C)=O)[C@H]1n1cc(-c2cc(F)c(F)c(F)c2)nn1. The highest BCUT2D eigenvalue weighted by molar-refractivity contribution is 8.18. The molecular weight excluding hydrogens is 735 g/mol. The normalized spacial score (nSPS) is 26.7. The number of nitrogens with zero attached hydrogens (tertiary/aromatic N) is 6. The Morgan fingerprint density at radius 1 is 0.981 bits per heavy atom. The van der Waals surface area contributed by atoms with E-state index in [-0.39, 0.29) is 42.6 Å². The number of carbonyl (C=O) groups is 2. The Kier molecular flexibility index (Phi) is 11.6. The molecule has 4 aromatic rings. The van der Waals surface area contributed by atoms with Crippen LogP contribution in [0.25, 0.3) is 22.5 Å². The van der Waals surface area contributed by atoms with Crippen LogP contribution in [0.2, 0.25) is 0 Å². The quantitative estimate of drug-likeness (QED) is 0.0988. The number of aliphatic hydroxyl groups excluding tert-OH is 1. The Morgan fingerprint density at radius 2 is 1.66 bits per heavy atom. The molecule has 2 aliphatic rings. The molecule has 1 unspecified atom stereocenters. The smallest absolute Gasteiger partial charge is 0.387 e. The Bertz CT molecular complexity index is 1910. The van der Waals surface area contributed by atoms with Gasteiger partial charge in [-0.3, -0.25) is 9.59 Å². The standard InChI is InChI=1S/C33H35F5N6O8S/c1-16(45)50-14-28-32(51-17(2)46)30(44-11-24(40-42-44)19-8-21(34)29(36)22(35)9-19)26(48-3)15-53(28)27-13-49-12-25(31(27)47)43-10-23(39-41-43)18-5-4-6-20(7-18)52-33(37)38/h4-11,25-28,30-33,47,53H,12-15H2,1-3H3/t25-,26-,27+,28+,30-,31+,32-/m0/s1. The van der Waals surface area contributed by atoms with Crippen LogP contribution in [-0.2, 0) is 28.5 Å². The van der Waals surface area contributed by atoms with Crippen LogP contribution in [0.4, 0.5) is 22.0 Å². The van der Waals surface area contributed by atoms with Crippen LogP contribution in [0.3, 0.4) is 0 Å². The third-order valence-corrected chi connectivity index (χ3v) is 12.5. The summed E-state index contributed by atoms with van der Waals surface area (Å²) in [6, 6.07) is 5.80. The zero-order valence-electron chi connectivity index (χ0n) is 28.4. The summed E-state index contributed by atoms with van der Waals surface area (Å²) < 4.78 is 98.0. The van der Waals surface area contributed by atoms with Crippen LogP contribution < -0.4 is 4.74 Å². The van der Waals surface area contributed by atoms with E-state index in [1.54, 1.807) is 12.3 Å². The van der Waals surface area contributed by atoms with Crippen molar-refractivity contribution in [2.24, 2.45) is 0 Å². The summed E-state index contributed by atoms with van der Waals surface area (Å²) in [4.78, 5) is 24.7. The second-order valence-electron chi connectivity index (χ2n) is 12.4. The van der Waals surface area contributed by atoms with Gasteiger partial charge in [-0.25, -0.2) is 33.4 Å². The lowest BCUT2D eigenvalue weighted by Gasteiger charge is -2.52. The summed E-state index contributed by atoms with van der Waals surface area (Å²) in [6.07, 6.45) is -0.0412. The van der Waals surface area contributed by atoms with E-state index >= 15 is 0 Å². The van der Waals surface area contributed by atoms with Gasteiger partial charge in [0.2, 0.25) is 0 Å². The molecule has 2 fully saturated rings. The Balaban J connectivity index is 1.31. The predicted octanol–water partition coefficient (Wildman–Crippen LogP) is 3.66. The fourth-order valence-corrected chi connectivity index (χ4v) is 10.3. The summed E-state index contributed by atoms with van der Waals surface area (Å²) in [5.74, 6) is -5.58. The molecule has 0 radical (unpaired) electrons. The van der Waals surface area contributed by atoms with E-state index in [0.29, 0.717) is 11.3 Å². The maximum absolute atomic E-state index is 14.1. The number of carbonyl (C=O) groups excluding carboxylic acids is 2. The van der Waals surface area contributed by atoms with Crippen LogP contribution in [0.15, 0.2) is 48.8 Å². The molecule has 2 aromatic carbocycles. The number of rotatable bonds is 11. The van der Waals surface area contributed by atoms with Crippen molar-refractivity contribution in [3.05, 3.63) is 66.2 Å². The molecule has 0 aliphatic carbocycles. The Labute approximate surface area is 301 Å². The minimum absolute atomic E-state index is 0.0111. The number of aliphatic hydroxyl groups is 1. The Morgan fingerprint density at radius 3 is 2.32 bits per heavy atom. The maximum Gasteiger partial charge on any atom is 0.387 e. The number of aromatic nitrogens is 6. The van der Waals surface area contributed by atoms with Crippen molar-refractivity contribution in [2.45, 2.75) is 61.4 Å². The van der Waals surface area contributed by atoms with Gasteiger partial charge in [0, 0.05) is 43.1 Å². The molecule has 53 heavy (non-hydrogen) atoms. The highest BCUT2D eigenvalue weighted by atomic mass is 32.2. The van der Waals surface area contributed by atoms with Crippen molar-refractivity contribution >= 4 is 22.8 Å². The van der Waals surface area contributed by atoms with Gasteiger partial charge in [-0.05, 0) is 24.3 Å². The molecule has 2 saturated heterocycles. The molecule has 286 valence electrons. The average Bonchev–Trinajstić information content (AvgIpc) is 3.80. The van der Waals surface area contributed by atoms with Crippen LogP contribution >= 0.6 is 10.9 Å². The third-order valence-electron chi connectivity index (χ3n) is 9.07. The van der Waals surface area contributed by atoms with Crippen molar-refractivity contribution in [3.8, 4) is 28.3 Å². The first-order chi connectivity index (χ1) is 25.3. The van der Waals surface area contributed by atoms with E-state index in [1.807, 2.05) is 0 Å². The summed E-state index contributed by atoms with van der Waals surface area (Å²) in [5.41, 5.74) is 0.660.